The van der Waals surface area contributed by atoms with Crippen LogP contribution in [-0.2, 0) is 6.54 Å². The Morgan fingerprint density at radius 2 is 1.80 bits per heavy atom. The second-order valence-corrected chi connectivity index (χ2v) is 7.07. The number of likely N-dealkylation sites (tertiary alicyclic amines) is 1. The van der Waals surface area contributed by atoms with Crippen molar-refractivity contribution in [3.8, 4) is 11.5 Å². The number of nitrogens with one attached hydrogen (secondary N) is 1. The summed E-state index contributed by atoms with van der Waals surface area (Å²) in [6.07, 6.45) is 5.56. The van der Waals surface area contributed by atoms with Crippen molar-refractivity contribution in [1.29, 1.82) is 0 Å². The van der Waals surface area contributed by atoms with Gasteiger partial charge in [0, 0.05) is 19.6 Å². The van der Waals surface area contributed by atoms with Crippen LogP contribution in [0.25, 0.3) is 0 Å². The molecule has 1 aliphatic heterocycles. The smallest absolute Gasteiger partial charge is 0.194 e. The number of benzene rings is 1. The van der Waals surface area contributed by atoms with Crippen LogP contribution in [0.1, 0.15) is 38.2 Å². The number of rotatable bonds is 5. The Morgan fingerprint density at radius 1 is 1.12 bits per heavy atom. The van der Waals surface area contributed by atoms with Crippen molar-refractivity contribution in [3.63, 3.8) is 0 Å². The van der Waals surface area contributed by atoms with E-state index in [0.29, 0.717) is 6.54 Å². The summed E-state index contributed by atoms with van der Waals surface area (Å²) in [5, 5.41) is 3.48. The highest BCUT2D eigenvalue weighted by Crippen LogP contribution is 2.36. The van der Waals surface area contributed by atoms with E-state index >= 15 is 0 Å². The first-order valence-electron chi connectivity index (χ1n) is 9.49. The summed E-state index contributed by atoms with van der Waals surface area (Å²) in [5.74, 6) is 4.28. The minimum absolute atomic E-state index is 0.647. The van der Waals surface area contributed by atoms with Crippen LogP contribution in [0, 0.1) is 11.8 Å². The first-order chi connectivity index (χ1) is 12.2. The van der Waals surface area contributed by atoms with Crippen molar-refractivity contribution in [1.82, 2.24) is 10.2 Å². The summed E-state index contributed by atoms with van der Waals surface area (Å²) in [7, 11) is 3.33. The van der Waals surface area contributed by atoms with E-state index in [1.807, 2.05) is 12.1 Å². The van der Waals surface area contributed by atoms with Gasteiger partial charge in [-0.15, -0.1) is 0 Å². The van der Waals surface area contributed by atoms with Gasteiger partial charge in [0.2, 0.25) is 0 Å². The molecule has 1 heterocycles. The monoisotopic (exact) mass is 345 g/mol. The number of aliphatic imine (C=N–C) groups is 1. The Kier molecular flexibility index (Phi) is 6.05. The minimum atomic E-state index is 0.647. The van der Waals surface area contributed by atoms with Crippen LogP contribution in [0.4, 0.5) is 0 Å². The molecule has 1 saturated heterocycles. The molecule has 1 aliphatic carbocycles. The Labute approximate surface area is 151 Å². The van der Waals surface area contributed by atoms with Gasteiger partial charge < -0.3 is 19.7 Å². The molecule has 2 atom stereocenters. The van der Waals surface area contributed by atoms with Crippen molar-refractivity contribution >= 4 is 5.96 Å². The summed E-state index contributed by atoms with van der Waals surface area (Å²) in [5.41, 5.74) is 1.13. The Balaban J connectivity index is 1.70. The lowest BCUT2D eigenvalue weighted by Gasteiger charge is -2.22. The normalized spacial score (nSPS) is 23.3. The molecule has 2 fully saturated rings. The maximum absolute atomic E-state index is 5.40. The highest BCUT2D eigenvalue weighted by molar-refractivity contribution is 5.80. The number of nitrogens with zero attached hydrogens (tertiary/aromatic N) is 2. The molecule has 0 amide bonds. The number of hydrogen-bond donors (Lipinski definition) is 1. The Hall–Kier alpha value is -1.91. The highest BCUT2D eigenvalue weighted by atomic mass is 16.5. The highest BCUT2D eigenvalue weighted by Gasteiger charge is 2.35. The van der Waals surface area contributed by atoms with Crippen LogP contribution >= 0.6 is 0 Å². The topological polar surface area (TPSA) is 46.1 Å². The molecule has 1 N–H and O–H groups in total. The zero-order valence-corrected chi connectivity index (χ0v) is 15.8. The average Bonchev–Trinajstić information content (AvgIpc) is 3.08. The molecule has 0 aromatic heterocycles. The molecule has 3 rings (SSSR count). The largest absolute Gasteiger partial charge is 0.493 e. The van der Waals surface area contributed by atoms with Crippen molar-refractivity contribution < 1.29 is 9.47 Å². The molecule has 2 unspecified atom stereocenters. The van der Waals surface area contributed by atoms with Crippen molar-refractivity contribution in [2.75, 3.05) is 33.9 Å². The third-order valence-electron chi connectivity index (χ3n) is 5.47. The van der Waals surface area contributed by atoms with Gasteiger partial charge in [0.05, 0.1) is 20.8 Å². The minimum Gasteiger partial charge on any atom is -0.493 e. The SMILES string of the molecule is CCNC(=NCc1ccc(OC)c(OC)c1)N1CC2CCCCC2C1. The fourth-order valence-corrected chi connectivity index (χ4v) is 4.15. The van der Waals surface area contributed by atoms with Gasteiger partial charge in [0.1, 0.15) is 0 Å². The van der Waals surface area contributed by atoms with Crippen molar-refractivity contribution in [2.24, 2.45) is 16.8 Å². The van der Waals surface area contributed by atoms with E-state index in [-0.39, 0.29) is 0 Å². The van der Waals surface area contributed by atoms with Gasteiger partial charge in [-0.05, 0) is 49.3 Å². The van der Waals surface area contributed by atoms with Crippen LogP contribution in [0.3, 0.4) is 0 Å². The maximum Gasteiger partial charge on any atom is 0.194 e. The van der Waals surface area contributed by atoms with Gasteiger partial charge in [0.25, 0.3) is 0 Å². The van der Waals surface area contributed by atoms with Crippen LogP contribution in [-0.4, -0.2) is 44.7 Å². The molecule has 1 aromatic carbocycles. The second kappa shape index (κ2) is 8.45. The van der Waals surface area contributed by atoms with E-state index < -0.39 is 0 Å². The summed E-state index contributed by atoms with van der Waals surface area (Å²) in [6.45, 7) is 5.99. The van der Waals surface area contributed by atoms with Crippen LogP contribution in [0.15, 0.2) is 23.2 Å². The molecule has 25 heavy (non-hydrogen) atoms. The molecule has 5 nitrogen and oxygen atoms in total. The molecular weight excluding hydrogens is 314 g/mol. The molecule has 1 saturated carbocycles. The molecule has 0 spiro atoms. The first-order valence-corrected chi connectivity index (χ1v) is 9.49. The number of hydrogen-bond acceptors (Lipinski definition) is 3. The van der Waals surface area contributed by atoms with Gasteiger partial charge >= 0.3 is 0 Å². The summed E-state index contributed by atoms with van der Waals surface area (Å²) >= 11 is 0. The van der Waals surface area contributed by atoms with E-state index in [4.69, 9.17) is 14.5 Å². The molecule has 0 radical (unpaired) electrons. The quantitative estimate of drug-likeness (QED) is 0.657. The number of fused-ring (bicyclic) bond motifs is 1. The molecule has 1 aromatic rings. The maximum atomic E-state index is 5.40. The van der Waals surface area contributed by atoms with E-state index in [0.717, 1.165) is 54.5 Å². The molecule has 138 valence electrons. The predicted octanol–water partition coefficient (Wildman–Crippen LogP) is 3.29. The lowest BCUT2D eigenvalue weighted by molar-refractivity contribution is 0.299. The first kappa shape index (κ1) is 17.9. The summed E-state index contributed by atoms with van der Waals surface area (Å²) in [4.78, 5) is 7.35. The van der Waals surface area contributed by atoms with Gasteiger partial charge in [-0.1, -0.05) is 18.9 Å². The lowest BCUT2D eigenvalue weighted by atomic mass is 9.82. The van der Waals surface area contributed by atoms with Gasteiger partial charge in [0.15, 0.2) is 17.5 Å². The van der Waals surface area contributed by atoms with Crippen LogP contribution < -0.4 is 14.8 Å². The van der Waals surface area contributed by atoms with Crippen LogP contribution in [0.5, 0.6) is 11.5 Å². The van der Waals surface area contributed by atoms with E-state index in [1.54, 1.807) is 14.2 Å². The van der Waals surface area contributed by atoms with Crippen LogP contribution in [0.2, 0.25) is 0 Å². The predicted molar refractivity (Wildman–Crippen MR) is 101 cm³/mol. The van der Waals surface area contributed by atoms with Crippen molar-refractivity contribution in [2.45, 2.75) is 39.2 Å². The zero-order chi connectivity index (χ0) is 17.6. The number of guanidine groups is 1. The number of ether oxygens (including phenoxy) is 2. The number of methoxy groups -OCH3 is 2. The fourth-order valence-electron chi connectivity index (χ4n) is 4.15. The van der Waals surface area contributed by atoms with Gasteiger partial charge in [-0.25, -0.2) is 4.99 Å². The molecular formula is C20H31N3O2. The third kappa shape index (κ3) is 4.20. The third-order valence-corrected chi connectivity index (χ3v) is 5.47. The van der Waals surface area contributed by atoms with E-state index in [1.165, 1.54) is 25.7 Å². The summed E-state index contributed by atoms with van der Waals surface area (Å²) < 4.78 is 10.7. The summed E-state index contributed by atoms with van der Waals surface area (Å²) in [6, 6.07) is 6.01. The van der Waals surface area contributed by atoms with Crippen molar-refractivity contribution in [3.05, 3.63) is 23.8 Å². The zero-order valence-electron chi connectivity index (χ0n) is 15.8. The van der Waals surface area contributed by atoms with E-state index in [9.17, 15) is 0 Å². The lowest BCUT2D eigenvalue weighted by Crippen LogP contribution is -2.40. The standard InChI is InChI=1S/C20H31N3O2/c1-4-21-20(23-13-16-7-5-6-8-17(16)14-23)22-12-15-9-10-18(24-2)19(11-15)25-3/h9-11,16-17H,4-8,12-14H2,1-3H3,(H,21,22). The van der Waals surface area contributed by atoms with E-state index in [2.05, 4.69) is 23.2 Å². The van der Waals surface area contributed by atoms with Gasteiger partial charge in [-0.3, -0.25) is 0 Å². The average molecular weight is 345 g/mol. The molecule has 2 aliphatic rings. The molecule has 0 bridgehead atoms. The second-order valence-electron chi connectivity index (χ2n) is 7.07. The Morgan fingerprint density at radius 3 is 2.40 bits per heavy atom. The molecule has 5 heteroatoms. The fraction of sp³-hybridized carbons (Fsp3) is 0.650. The Bertz CT molecular complexity index is 589. The van der Waals surface area contributed by atoms with Gasteiger partial charge in [-0.2, -0.15) is 0 Å².